The summed E-state index contributed by atoms with van der Waals surface area (Å²) in [5.41, 5.74) is 1.42. The van der Waals surface area contributed by atoms with Gasteiger partial charge in [-0.3, -0.25) is 4.79 Å². The van der Waals surface area contributed by atoms with Gasteiger partial charge in [-0.05, 0) is 25.1 Å². The first-order chi connectivity index (χ1) is 7.76. The molecular weight excluding hydrogens is 204 g/mol. The van der Waals surface area contributed by atoms with Crippen LogP contribution < -0.4 is 4.74 Å². The maximum absolute atomic E-state index is 10.7. The molecule has 0 amide bonds. The van der Waals surface area contributed by atoms with Gasteiger partial charge in [-0.25, -0.2) is 0 Å². The second-order valence-electron chi connectivity index (χ2n) is 3.44. The summed E-state index contributed by atoms with van der Waals surface area (Å²) in [6.07, 6.45) is 0.789. The van der Waals surface area contributed by atoms with Crippen molar-refractivity contribution in [2.75, 3.05) is 7.11 Å². The molecule has 0 atom stereocenters. The van der Waals surface area contributed by atoms with Crippen molar-refractivity contribution in [3.05, 3.63) is 41.7 Å². The number of aldehydes is 1. The van der Waals surface area contributed by atoms with E-state index in [0.29, 0.717) is 17.1 Å². The number of carbonyl (C=O) groups is 1. The lowest BCUT2D eigenvalue weighted by Gasteiger charge is -2.04. The highest BCUT2D eigenvalue weighted by molar-refractivity contribution is 5.80. The van der Waals surface area contributed by atoms with Gasteiger partial charge in [0, 0.05) is 0 Å². The van der Waals surface area contributed by atoms with Crippen LogP contribution >= 0.6 is 0 Å². The highest BCUT2D eigenvalue weighted by atomic mass is 16.5. The van der Waals surface area contributed by atoms with Crippen molar-refractivity contribution in [3.8, 4) is 17.1 Å². The van der Waals surface area contributed by atoms with Crippen LogP contribution in [0.3, 0.4) is 0 Å². The minimum absolute atomic E-state index is 0.570. The summed E-state index contributed by atoms with van der Waals surface area (Å²) in [6, 6.07) is 9.26. The predicted molar refractivity (Wildman–Crippen MR) is 60.8 cm³/mol. The van der Waals surface area contributed by atoms with E-state index in [1.807, 2.05) is 24.3 Å². The second kappa shape index (κ2) is 4.23. The second-order valence-corrected chi connectivity index (χ2v) is 3.44. The summed E-state index contributed by atoms with van der Waals surface area (Å²) in [6.45, 7) is 1.77. The number of carbonyl (C=O) groups excluding carboxylic acids is 1. The smallest absolute Gasteiger partial charge is 0.153 e. The summed E-state index contributed by atoms with van der Waals surface area (Å²) >= 11 is 0. The number of hydrogen-bond donors (Lipinski definition) is 0. The van der Waals surface area contributed by atoms with E-state index < -0.39 is 0 Å². The summed E-state index contributed by atoms with van der Waals surface area (Å²) in [5, 5.41) is 0. The number of furan rings is 1. The summed E-state index contributed by atoms with van der Waals surface area (Å²) in [4.78, 5) is 10.7. The van der Waals surface area contributed by atoms with Crippen LogP contribution in [0.5, 0.6) is 5.75 Å². The molecule has 0 aliphatic heterocycles. The first kappa shape index (κ1) is 10.5. The fourth-order valence-corrected chi connectivity index (χ4v) is 1.59. The van der Waals surface area contributed by atoms with Gasteiger partial charge in [0.25, 0.3) is 0 Å². The van der Waals surface area contributed by atoms with Gasteiger partial charge in [0.2, 0.25) is 0 Å². The fourth-order valence-electron chi connectivity index (χ4n) is 1.59. The minimum atomic E-state index is 0.570. The zero-order chi connectivity index (χ0) is 11.5. The molecule has 0 bridgehead atoms. The molecule has 0 unspecified atom stereocenters. The monoisotopic (exact) mass is 216 g/mol. The Balaban J connectivity index is 2.53. The Kier molecular flexibility index (Phi) is 2.77. The maximum Gasteiger partial charge on any atom is 0.153 e. The molecule has 0 aliphatic rings. The molecule has 1 aromatic carbocycles. The van der Waals surface area contributed by atoms with Gasteiger partial charge in [0.1, 0.15) is 17.3 Å². The van der Waals surface area contributed by atoms with Gasteiger partial charge in [-0.15, -0.1) is 0 Å². The van der Waals surface area contributed by atoms with Gasteiger partial charge >= 0.3 is 0 Å². The van der Waals surface area contributed by atoms with Gasteiger partial charge in [0.15, 0.2) is 6.29 Å². The molecule has 2 rings (SSSR count). The normalized spacial score (nSPS) is 10.1. The number of rotatable bonds is 3. The van der Waals surface area contributed by atoms with Crippen molar-refractivity contribution in [2.24, 2.45) is 0 Å². The zero-order valence-electron chi connectivity index (χ0n) is 9.19. The van der Waals surface area contributed by atoms with Gasteiger partial charge in [0.05, 0.1) is 18.2 Å². The lowest BCUT2D eigenvalue weighted by molar-refractivity contribution is 0.112. The van der Waals surface area contributed by atoms with E-state index in [2.05, 4.69) is 0 Å². The van der Waals surface area contributed by atoms with Gasteiger partial charge < -0.3 is 9.15 Å². The third-order valence-electron chi connectivity index (χ3n) is 2.46. The molecule has 82 valence electrons. The van der Waals surface area contributed by atoms with Crippen LogP contribution in [0.25, 0.3) is 11.3 Å². The van der Waals surface area contributed by atoms with Crippen molar-refractivity contribution in [2.45, 2.75) is 6.92 Å². The van der Waals surface area contributed by atoms with E-state index in [1.165, 1.54) is 0 Å². The molecule has 3 nitrogen and oxygen atoms in total. The molecule has 0 radical (unpaired) electrons. The van der Waals surface area contributed by atoms with Crippen LogP contribution in [0.2, 0.25) is 0 Å². The van der Waals surface area contributed by atoms with Crippen molar-refractivity contribution < 1.29 is 13.9 Å². The third kappa shape index (κ3) is 1.72. The molecule has 0 saturated carbocycles. The van der Waals surface area contributed by atoms with Crippen molar-refractivity contribution in [1.29, 1.82) is 0 Å². The Hall–Kier alpha value is -2.03. The van der Waals surface area contributed by atoms with E-state index in [0.717, 1.165) is 17.6 Å². The molecule has 16 heavy (non-hydrogen) atoms. The maximum atomic E-state index is 10.7. The average molecular weight is 216 g/mol. The number of para-hydroxylation sites is 1. The highest BCUT2D eigenvalue weighted by Gasteiger charge is 2.11. The Morgan fingerprint density at radius 2 is 2.06 bits per heavy atom. The summed E-state index contributed by atoms with van der Waals surface area (Å²) in [5.74, 6) is 2.00. The first-order valence-corrected chi connectivity index (χ1v) is 4.95. The highest BCUT2D eigenvalue weighted by Crippen LogP contribution is 2.31. The Morgan fingerprint density at radius 1 is 1.31 bits per heavy atom. The first-order valence-electron chi connectivity index (χ1n) is 4.95. The van der Waals surface area contributed by atoms with E-state index in [4.69, 9.17) is 9.15 Å². The summed E-state index contributed by atoms with van der Waals surface area (Å²) < 4.78 is 10.8. The SMILES string of the molecule is COc1ccccc1-c1cc(C=O)c(C)o1. The van der Waals surface area contributed by atoms with Crippen molar-refractivity contribution in [3.63, 3.8) is 0 Å². The van der Waals surface area contributed by atoms with Crippen LogP contribution in [-0.2, 0) is 0 Å². The summed E-state index contributed by atoms with van der Waals surface area (Å²) in [7, 11) is 1.61. The Bertz CT molecular complexity index is 512. The molecule has 0 aliphatic carbocycles. The number of ether oxygens (including phenoxy) is 1. The quantitative estimate of drug-likeness (QED) is 0.740. The lowest BCUT2D eigenvalue weighted by Crippen LogP contribution is -1.85. The van der Waals surface area contributed by atoms with Crippen LogP contribution in [-0.4, -0.2) is 13.4 Å². The minimum Gasteiger partial charge on any atom is -0.496 e. The number of aryl methyl sites for hydroxylation is 1. The largest absolute Gasteiger partial charge is 0.496 e. The molecule has 0 saturated heterocycles. The van der Waals surface area contributed by atoms with Crippen LogP contribution in [0.1, 0.15) is 16.1 Å². The Labute approximate surface area is 93.7 Å². The molecule has 2 aromatic rings. The van der Waals surface area contributed by atoms with E-state index in [1.54, 1.807) is 20.1 Å². The number of benzene rings is 1. The third-order valence-corrected chi connectivity index (χ3v) is 2.46. The average Bonchev–Trinajstić information content (AvgIpc) is 2.70. The van der Waals surface area contributed by atoms with E-state index in [9.17, 15) is 4.79 Å². The Morgan fingerprint density at radius 3 is 2.69 bits per heavy atom. The van der Waals surface area contributed by atoms with Crippen molar-refractivity contribution >= 4 is 6.29 Å². The molecule has 3 heteroatoms. The molecule has 1 aromatic heterocycles. The van der Waals surface area contributed by atoms with Crippen LogP contribution in [0, 0.1) is 6.92 Å². The number of methoxy groups -OCH3 is 1. The molecule has 1 heterocycles. The predicted octanol–water partition coefficient (Wildman–Crippen LogP) is 3.08. The number of hydrogen-bond acceptors (Lipinski definition) is 3. The van der Waals surface area contributed by atoms with Crippen LogP contribution in [0.15, 0.2) is 34.7 Å². The zero-order valence-corrected chi connectivity index (χ0v) is 9.19. The topological polar surface area (TPSA) is 39.4 Å². The van der Waals surface area contributed by atoms with Gasteiger partial charge in [-0.1, -0.05) is 12.1 Å². The van der Waals surface area contributed by atoms with Gasteiger partial charge in [-0.2, -0.15) is 0 Å². The molecule has 0 fully saturated rings. The van der Waals surface area contributed by atoms with E-state index >= 15 is 0 Å². The lowest BCUT2D eigenvalue weighted by atomic mass is 10.1. The molecule has 0 spiro atoms. The van der Waals surface area contributed by atoms with Crippen LogP contribution in [0.4, 0.5) is 0 Å². The van der Waals surface area contributed by atoms with E-state index in [-0.39, 0.29) is 0 Å². The molecular formula is C13H12O3. The standard InChI is InChI=1S/C13H12O3/c1-9-10(8-14)7-13(16-9)11-5-3-4-6-12(11)15-2/h3-8H,1-2H3. The fraction of sp³-hybridized carbons (Fsp3) is 0.154. The van der Waals surface area contributed by atoms with Crippen molar-refractivity contribution in [1.82, 2.24) is 0 Å². The molecule has 0 N–H and O–H groups in total.